The minimum atomic E-state index is -0.639. The van der Waals surface area contributed by atoms with Crippen molar-refractivity contribution < 1.29 is 13.5 Å². The summed E-state index contributed by atoms with van der Waals surface area (Å²) in [6.07, 6.45) is 9.41. The van der Waals surface area contributed by atoms with Crippen molar-refractivity contribution in [2.75, 3.05) is 6.61 Å². The van der Waals surface area contributed by atoms with Crippen molar-refractivity contribution in [1.29, 1.82) is 0 Å². The summed E-state index contributed by atoms with van der Waals surface area (Å²) in [5.74, 6) is 0.0984. The highest BCUT2D eigenvalue weighted by molar-refractivity contribution is 6.20. The number of unbranched alkanes of at least 4 members (excludes halogenated alkanes) is 2. The Hall–Kier alpha value is -1.61. The Morgan fingerprint density at radius 2 is 1.73 bits per heavy atom. The normalized spacial score (nSPS) is 17.5. The third kappa shape index (κ3) is 7.18. The van der Waals surface area contributed by atoms with E-state index in [0.29, 0.717) is 36.5 Å². The lowest BCUT2D eigenvalue weighted by Crippen LogP contribution is -2.17. The molecule has 0 N–H and O–H groups in total. The lowest BCUT2D eigenvalue weighted by molar-refractivity contribution is 0.308. The number of halogens is 3. The molecule has 3 atom stereocenters. The second kappa shape index (κ2) is 12.7. The average Bonchev–Trinajstić information content (AvgIpc) is 2.83. The van der Waals surface area contributed by atoms with Gasteiger partial charge in [0.15, 0.2) is 11.6 Å². The standard InChI is InChI=1S/C29H39ClF2O/c1-4-6-8-20(3)16-24-17-23-11-10-22(18-27(23)29(32)28(24)31)21-12-14-26(15-13-21)33-19-25(30)9-7-5-2/h12-15,17,20,22,25H,4-11,16,18-19H2,1-3H3. The van der Waals surface area contributed by atoms with Crippen LogP contribution < -0.4 is 4.74 Å². The summed E-state index contributed by atoms with van der Waals surface area (Å²) in [6.45, 7) is 6.95. The topological polar surface area (TPSA) is 9.23 Å². The number of rotatable bonds is 12. The summed E-state index contributed by atoms with van der Waals surface area (Å²) in [5.41, 5.74) is 3.25. The Bertz CT molecular complexity index is 880. The van der Waals surface area contributed by atoms with Gasteiger partial charge >= 0.3 is 0 Å². The van der Waals surface area contributed by atoms with E-state index in [-0.39, 0.29) is 11.3 Å². The highest BCUT2D eigenvalue weighted by atomic mass is 35.5. The van der Waals surface area contributed by atoms with Gasteiger partial charge in [0.25, 0.3) is 0 Å². The van der Waals surface area contributed by atoms with Gasteiger partial charge in [-0.25, -0.2) is 8.78 Å². The molecule has 0 spiro atoms. The maximum atomic E-state index is 15.1. The first-order valence-corrected chi connectivity index (χ1v) is 13.2. The van der Waals surface area contributed by atoms with Gasteiger partial charge in [-0.05, 0) is 78.3 Å². The Kier molecular flexibility index (Phi) is 10.0. The molecule has 0 saturated carbocycles. The summed E-state index contributed by atoms with van der Waals surface area (Å²) < 4.78 is 35.8. The molecule has 0 amide bonds. The molecule has 1 aliphatic carbocycles. The monoisotopic (exact) mass is 476 g/mol. The molecule has 0 fully saturated rings. The molecule has 0 aromatic heterocycles. The SMILES string of the molecule is CCCCC(C)Cc1cc2c(c(F)c1F)CC(c1ccc(OCC(Cl)CCCC)cc1)CC2. The smallest absolute Gasteiger partial charge is 0.162 e. The predicted molar refractivity (Wildman–Crippen MR) is 135 cm³/mol. The zero-order chi connectivity index (χ0) is 23.8. The largest absolute Gasteiger partial charge is 0.492 e. The van der Waals surface area contributed by atoms with E-state index in [1.54, 1.807) is 0 Å². The fourth-order valence-corrected chi connectivity index (χ4v) is 5.11. The van der Waals surface area contributed by atoms with Crippen LogP contribution in [0.4, 0.5) is 8.78 Å². The van der Waals surface area contributed by atoms with Crippen LogP contribution in [0.25, 0.3) is 0 Å². The van der Waals surface area contributed by atoms with Crippen LogP contribution in [0, 0.1) is 17.6 Å². The van der Waals surface area contributed by atoms with Gasteiger partial charge in [-0.1, -0.05) is 71.1 Å². The minimum absolute atomic E-state index is 0.0249. The summed E-state index contributed by atoms with van der Waals surface area (Å²) in [4.78, 5) is 0. The van der Waals surface area contributed by atoms with Gasteiger partial charge in [0, 0.05) is 0 Å². The van der Waals surface area contributed by atoms with Crippen LogP contribution in [0.3, 0.4) is 0 Å². The number of ether oxygens (including phenoxy) is 1. The molecule has 3 unspecified atom stereocenters. The van der Waals surface area contributed by atoms with E-state index in [4.69, 9.17) is 16.3 Å². The third-order valence-electron chi connectivity index (χ3n) is 6.96. The van der Waals surface area contributed by atoms with Gasteiger partial charge in [-0.2, -0.15) is 0 Å². The highest BCUT2D eigenvalue weighted by Crippen LogP contribution is 2.37. The molecule has 0 radical (unpaired) electrons. The van der Waals surface area contributed by atoms with Crippen molar-refractivity contribution in [1.82, 2.24) is 0 Å². The molecule has 0 aliphatic heterocycles. The van der Waals surface area contributed by atoms with Crippen molar-refractivity contribution >= 4 is 11.6 Å². The number of alkyl halides is 1. The van der Waals surface area contributed by atoms with Crippen molar-refractivity contribution in [2.24, 2.45) is 5.92 Å². The molecule has 0 heterocycles. The molecule has 2 aromatic carbocycles. The van der Waals surface area contributed by atoms with Crippen LogP contribution in [-0.4, -0.2) is 12.0 Å². The molecule has 1 nitrogen and oxygen atoms in total. The first kappa shape index (κ1) is 26.0. The van der Waals surface area contributed by atoms with Crippen LogP contribution in [0.5, 0.6) is 5.75 Å². The lowest BCUT2D eigenvalue weighted by Gasteiger charge is -2.27. The Morgan fingerprint density at radius 3 is 2.42 bits per heavy atom. The van der Waals surface area contributed by atoms with Crippen LogP contribution in [0.15, 0.2) is 30.3 Å². The Balaban J connectivity index is 1.64. The molecule has 3 rings (SSSR count). The number of hydrogen-bond acceptors (Lipinski definition) is 1. The van der Waals surface area contributed by atoms with E-state index in [2.05, 4.69) is 32.9 Å². The first-order valence-electron chi connectivity index (χ1n) is 12.8. The average molecular weight is 477 g/mol. The van der Waals surface area contributed by atoms with Crippen LogP contribution in [-0.2, 0) is 19.3 Å². The second-order valence-corrected chi connectivity index (χ2v) is 10.4. The van der Waals surface area contributed by atoms with Gasteiger partial charge in [0.05, 0.1) is 5.38 Å². The summed E-state index contributed by atoms with van der Waals surface area (Å²) in [6, 6.07) is 9.97. The number of hydrogen-bond donors (Lipinski definition) is 0. The maximum absolute atomic E-state index is 15.1. The van der Waals surface area contributed by atoms with Crippen molar-refractivity contribution in [3.8, 4) is 5.75 Å². The zero-order valence-electron chi connectivity index (χ0n) is 20.4. The molecule has 0 saturated heterocycles. The fourth-order valence-electron chi connectivity index (χ4n) is 4.89. The van der Waals surface area contributed by atoms with Crippen LogP contribution >= 0.6 is 11.6 Å². The van der Waals surface area contributed by atoms with Gasteiger partial charge < -0.3 is 4.74 Å². The zero-order valence-corrected chi connectivity index (χ0v) is 21.2. The number of fused-ring (bicyclic) bond motifs is 1. The van der Waals surface area contributed by atoms with Gasteiger partial charge in [0.1, 0.15) is 12.4 Å². The van der Waals surface area contributed by atoms with Crippen molar-refractivity contribution in [3.63, 3.8) is 0 Å². The first-order chi connectivity index (χ1) is 15.9. The summed E-state index contributed by atoms with van der Waals surface area (Å²) in [5, 5.41) is 0.0249. The van der Waals surface area contributed by atoms with E-state index >= 15 is 4.39 Å². The van der Waals surface area contributed by atoms with E-state index in [0.717, 1.165) is 68.2 Å². The van der Waals surface area contributed by atoms with Crippen molar-refractivity contribution in [3.05, 3.63) is 64.2 Å². The molecule has 2 aromatic rings. The Labute approximate surface area is 203 Å². The maximum Gasteiger partial charge on any atom is 0.162 e. The Morgan fingerprint density at radius 1 is 1.03 bits per heavy atom. The minimum Gasteiger partial charge on any atom is -0.492 e. The predicted octanol–water partition coefficient (Wildman–Crippen LogP) is 8.78. The fraction of sp³-hybridized carbons (Fsp3) is 0.586. The second-order valence-electron chi connectivity index (χ2n) is 9.81. The summed E-state index contributed by atoms with van der Waals surface area (Å²) in [7, 11) is 0. The molecule has 1 aliphatic rings. The number of aryl methyl sites for hydroxylation is 1. The molecular formula is C29H39ClF2O. The molecule has 182 valence electrons. The molecule has 4 heteroatoms. The van der Waals surface area contributed by atoms with Gasteiger partial charge in [-0.15, -0.1) is 11.6 Å². The lowest BCUT2D eigenvalue weighted by atomic mass is 9.78. The van der Waals surface area contributed by atoms with Gasteiger partial charge in [-0.3, -0.25) is 0 Å². The highest BCUT2D eigenvalue weighted by Gasteiger charge is 2.27. The van der Waals surface area contributed by atoms with E-state index < -0.39 is 11.6 Å². The van der Waals surface area contributed by atoms with Gasteiger partial charge in [0.2, 0.25) is 0 Å². The molecular weight excluding hydrogens is 438 g/mol. The number of benzene rings is 2. The molecule has 33 heavy (non-hydrogen) atoms. The molecule has 0 bridgehead atoms. The summed E-state index contributed by atoms with van der Waals surface area (Å²) >= 11 is 6.31. The van der Waals surface area contributed by atoms with Crippen LogP contribution in [0.1, 0.15) is 93.9 Å². The third-order valence-corrected chi connectivity index (χ3v) is 7.30. The van der Waals surface area contributed by atoms with Crippen molar-refractivity contribution in [2.45, 2.75) is 96.3 Å². The van der Waals surface area contributed by atoms with E-state index in [9.17, 15) is 4.39 Å². The van der Waals surface area contributed by atoms with Crippen LogP contribution in [0.2, 0.25) is 0 Å². The quantitative estimate of drug-likeness (QED) is 0.278. The van der Waals surface area contributed by atoms with E-state index in [1.807, 2.05) is 18.2 Å². The van der Waals surface area contributed by atoms with E-state index in [1.165, 1.54) is 0 Å².